The Morgan fingerprint density at radius 1 is 1.31 bits per heavy atom. The minimum absolute atomic E-state index is 0.199. The van der Waals surface area contributed by atoms with Crippen LogP contribution in [0.25, 0.3) is 0 Å². The second kappa shape index (κ2) is 10.3. The van der Waals surface area contributed by atoms with Crippen molar-refractivity contribution in [2.45, 2.75) is 25.9 Å². The molecule has 0 aromatic carbocycles. The summed E-state index contributed by atoms with van der Waals surface area (Å²) in [6, 6.07) is 0. The van der Waals surface area contributed by atoms with Crippen LogP contribution >= 0.6 is 11.8 Å². The van der Waals surface area contributed by atoms with Crippen LogP contribution in [0.4, 0.5) is 0 Å². The van der Waals surface area contributed by atoms with Crippen LogP contribution in [0.15, 0.2) is 0 Å². The second-order valence-corrected chi connectivity index (χ2v) is 4.30. The van der Waals surface area contributed by atoms with E-state index < -0.39 is 0 Å². The largest absolute Gasteiger partial charge is 0.396 e. The molecule has 13 heavy (non-hydrogen) atoms. The van der Waals surface area contributed by atoms with Crippen LogP contribution in [-0.2, 0) is 0 Å². The molecule has 3 nitrogen and oxygen atoms in total. The first-order chi connectivity index (χ1) is 6.27. The summed E-state index contributed by atoms with van der Waals surface area (Å²) in [6.45, 7) is 3.97. The van der Waals surface area contributed by atoms with E-state index in [1.165, 1.54) is 0 Å². The number of aliphatic hydroxyl groups excluding tert-OH is 2. The first kappa shape index (κ1) is 13.2. The lowest BCUT2D eigenvalue weighted by atomic mass is 10.3. The highest BCUT2D eigenvalue weighted by Gasteiger charge is 1.94. The molecule has 3 N–H and O–H groups in total. The van der Waals surface area contributed by atoms with Gasteiger partial charge in [-0.25, -0.2) is 0 Å². The van der Waals surface area contributed by atoms with Gasteiger partial charge < -0.3 is 15.5 Å². The fourth-order valence-electron chi connectivity index (χ4n) is 0.849. The molecule has 0 spiro atoms. The van der Waals surface area contributed by atoms with E-state index in [1.807, 2.05) is 11.8 Å². The third kappa shape index (κ3) is 12.2. The lowest BCUT2D eigenvalue weighted by molar-refractivity contribution is 0.184. The van der Waals surface area contributed by atoms with Gasteiger partial charge in [0, 0.05) is 18.9 Å². The molecule has 1 unspecified atom stereocenters. The van der Waals surface area contributed by atoms with Gasteiger partial charge in [0.15, 0.2) is 0 Å². The third-order valence-corrected chi connectivity index (χ3v) is 2.68. The van der Waals surface area contributed by atoms with Crippen LogP contribution in [0.2, 0.25) is 0 Å². The number of aliphatic hydroxyl groups is 2. The summed E-state index contributed by atoms with van der Waals surface area (Å²) in [7, 11) is 0. The van der Waals surface area contributed by atoms with Crippen LogP contribution in [0.5, 0.6) is 0 Å². The van der Waals surface area contributed by atoms with E-state index in [9.17, 15) is 0 Å². The Balaban J connectivity index is 2.84. The topological polar surface area (TPSA) is 52.5 Å². The van der Waals surface area contributed by atoms with Gasteiger partial charge in [0.05, 0.1) is 6.10 Å². The molecule has 0 saturated carbocycles. The van der Waals surface area contributed by atoms with Crippen LogP contribution < -0.4 is 5.32 Å². The van der Waals surface area contributed by atoms with Gasteiger partial charge in [-0.15, -0.1) is 0 Å². The summed E-state index contributed by atoms with van der Waals surface area (Å²) in [6.07, 6.45) is 1.51. The highest BCUT2D eigenvalue weighted by molar-refractivity contribution is 7.99. The molecule has 0 aliphatic heterocycles. The maximum Gasteiger partial charge on any atom is 0.0524 e. The minimum Gasteiger partial charge on any atom is -0.396 e. The van der Waals surface area contributed by atoms with Crippen molar-refractivity contribution in [3.8, 4) is 0 Å². The van der Waals surface area contributed by atoms with Crippen molar-refractivity contribution in [2.75, 3.05) is 31.2 Å². The zero-order valence-electron chi connectivity index (χ0n) is 8.33. The average Bonchev–Trinajstić information content (AvgIpc) is 2.09. The highest BCUT2D eigenvalue weighted by Crippen LogP contribution is 1.99. The number of rotatable bonds is 9. The van der Waals surface area contributed by atoms with Crippen molar-refractivity contribution in [1.82, 2.24) is 5.32 Å². The molecule has 0 radical (unpaired) electrons. The first-order valence-corrected chi connectivity index (χ1v) is 6.00. The summed E-state index contributed by atoms with van der Waals surface area (Å²) in [4.78, 5) is 0. The molecule has 0 bridgehead atoms. The Morgan fingerprint density at radius 3 is 2.69 bits per heavy atom. The monoisotopic (exact) mass is 207 g/mol. The molecule has 0 amide bonds. The Morgan fingerprint density at radius 2 is 2.08 bits per heavy atom. The fraction of sp³-hybridized carbons (Fsp3) is 1.00. The smallest absolute Gasteiger partial charge is 0.0524 e. The van der Waals surface area contributed by atoms with E-state index in [0.717, 1.165) is 37.4 Å². The molecule has 4 heteroatoms. The highest BCUT2D eigenvalue weighted by atomic mass is 32.2. The van der Waals surface area contributed by atoms with Crippen molar-refractivity contribution in [3.63, 3.8) is 0 Å². The SMILES string of the molecule is CC(O)CCNCCSCCCO. The molecule has 0 aromatic heterocycles. The van der Waals surface area contributed by atoms with Crippen molar-refractivity contribution >= 4 is 11.8 Å². The second-order valence-electron chi connectivity index (χ2n) is 3.08. The quantitative estimate of drug-likeness (QED) is 0.481. The maximum atomic E-state index is 8.95. The van der Waals surface area contributed by atoms with Crippen molar-refractivity contribution < 1.29 is 10.2 Å². The van der Waals surface area contributed by atoms with Gasteiger partial charge in [-0.1, -0.05) is 0 Å². The minimum atomic E-state index is -0.199. The molecular formula is C9H21NO2S. The van der Waals surface area contributed by atoms with Gasteiger partial charge >= 0.3 is 0 Å². The van der Waals surface area contributed by atoms with Gasteiger partial charge in [-0.05, 0) is 32.1 Å². The number of hydrogen-bond donors (Lipinski definition) is 3. The van der Waals surface area contributed by atoms with E-state index in [1.54, 1.807) is 6.92 Å². The summed E-state index contributed by atoms with van der Waals surface area (Å²) < 4.78 is 0. The predicted octanol–water partition coefficient (Wildman–Crippen LogP) is 0.462. The summed E-state index contributed by atoms with van der Waals surface area (Å²) in [5.74, 6) is 2.12. The van der Waals surface area contributed by atoms with Crippen molar-refractivity contribution in [1.29, 1.82) is 0 Å². The Bertz CT molecular complexity index is 102. The molecule has 0 heterocycles. The number of thioether (sulfide) groups is 1. The van der Waals surface area contributed by atoms with E-state index in [4.69, 9.17) is 10.2 Å². The van der Waals surface area contributed by atoms with Gasteiger partial charge in [0.25, 0.3) is 0 Å². The molecule has 0 rings (SSSR count). The standard InChI is InChI=1S/C9H21NO2S/c1-9(12)3-4-10-5-8-13-7-2-6-11/h9-12H,2-8H2,1H3. The molecule has 0 aromatic rings. The maximum absolute atomic E-state index is 8.95. The van der Waals surface area contributed by atoms with Gasteiger partial charge in [0.1, 0.15) is 0 Å². The fourth-order valence-corrected chi connectivity index (χ4v) is 1.67. The van der Waals surface area contributed by atoms with E-state index >= 15 is 0 Å². The summed E-state index contributed by atoms with van der Waals surface area (Å²) >= 11 is 1.85. The number of hydrogen-bond acceptors (Lipinski definition) is 4. The Kier molecular flexibility index (Phi) is 10.5. The van der Waals surface area contributed by atoms with Gasteiger partial charge in [-0.3, -0.25) is 0 Å². The summed E-state index contributed by atoms with van der Waals surface area (Å²) in [5, 5.41) is 20.7. The normalized spacial score (nSPS) is 13.2. The van der Waals surface area contributed by atoms with Crippen molar-refractivity contribution in [2.24, 2.45) is 0 Å². The van der Waals surface area contributed by atoms with E-state index in [-0.39, 0.29) is 6.10 Å². The first-order valence-electron chi connectivity index (χ1n) is 4.84. The average molecular weight is 207 g/mol. The zero-order chi connectivity index (χ0) is 9.94. The van der Waals surface area contributed by atoms with Crippen LogP contribution in [0.3, 0.4) is 0 Å². The molecule has 1 atom stereocenters. The lowest BCUT2D eigenvalue weighted by Gasteiger charge is -2.05. The van der Waals surface area contributed by atoms with Gasteiger partial charge in [0.2, 0.25) is 0 Å². The Hall–Kier alpha value is 0.230. The van der Waals surface area contributed by atoms with Crippen molar-refractivity contribution in [3.05, 3.63) is 0 Å². The Labute approximate surface area is 84.9 Å². The molecule has 0 aliphatic carbocycles. The molecule has 0 saturated heterocycles. The molecule has 80 valence electrons. The summed E-state index contributed by atoms with van der Waals surface area (Å²) in [5.41, 5.74) is 0. The van der Waals surface area contributed by atoms with Gasteiger partial charge in [-0.2, -0.15) is 11.8 Å². The molecule has 0 aliphatic rings. The molecule has 0 fully saturated rings. The zero-order valence-corrected chi connectivity index (χ0v) is 9.15. The van der Waals surface area contributed by atoms with Crippen LogP contribution in [0, 0.1) is 0 Å². The lowest BCUT2D eigenvalue weighted by Crippen LogP contribution is -2.21. The van der Waals surface area contributed by atoms with E-state index in [2.05, 4.69) is 5.32 Å². The predicted molar refractivity (Wildman–Crippen MR) is 58.2 cm³/mol. The number of nitrogens with one attached hydrogen (secondary N) is 1. The third-order valence-electron chi connectivity index (χ3n) is 1.61. The van der Waals surface area contributed by atoms with E-state index in [0.29, 0.717) is 6.61 Å². The van der Waals surface area contributed by atoms with Crippen LogP contribution in [0.1, 0.15) is 19.8 Å². The van der Waals surface area contributed by atoms with Crippen LogP contribution in [-0.4, -0.2) is 47.5 Å². The molecular weight excluding hydrogens is 186 g/mol.